The molecule has 0 atom stereocenters. The predicted molar refractivity (Wildman–Crippen MR) is 119 cm³/mol. The summed E-state index contributed by atoms with van der Waals surface area (Å²) in [6.45, 7) is 1.43. The van der Waals surface area contributed by atoms with Crippen LogP contribution in [-0.4, -0.2) is 16.1 Å². The van der Waals surface area contributed by atoms with Gasteiger partial charge >= 0.3 is 5.97 Å². The first-order valence-electron chi connectivity index (χ1n) is 10.1. The standard InChI is InChI=1S/C25H20ClF2NO3/c1-14-8-10-22(29-24(14)25(30)31)17-5-2-4-16(17)18-12-15(26)9-11-23(18)32-13-19-20(27)6-3-7-21(19)28/h3,6-12H,2,4-5,13H2,1H3,(H,30,31). The Labute approximate surface area is 189 Å². The average molecular weight is 456 g/mol. The van der Waals surface area contributed by atoms with E-state index in [1.54, 1.807) is 31.2 Å². The van der Waals surface area contributed by atoms with E-state index in [4.69, 9.17) is 16.3 Å². The summed E-state index contributed by atoms with van der Waals surface area (Å²) in [5.74, 6) is -1.99. The summed E-state index contributed by atoms with van der Waals surface area (Å²) < 4.78 is 33.9. The molecule has 1 heterocycles. The lowest BCUT2D eigenvalue weighted by molar-refractivity contribution is 0.0689. The summed E-state index contributed by atoms with van der Waals surface area (Å²) >= 11 is 6.25. The lowest BCUT2D eigenvalue weighted by Gasteiger charge is -2.16. The number of halogens is 3. The molecule has 0 saturated carbocycles. The Hall–Kier alpha value is -3.25. The van der Waals surface area contributed by atoms with Gasteiger partial charge in [-0.2, -0.15) is 0 Å². The number of benzene rings is 2. The number of aromatic nitrogens is 1. The van der Waals surface area contributed by atoms with E-state index in [1.165, 1.54) is 18.2 Å². The Balaban J connectivity index is 1.75. The number of pyridine rings is 1. The molecule has 4 rings (SSSR count). The van der Waals surface area contributed by atoms with Crippen molar-refractivity contribution in [2.75, 3.05) is 0 Å². The molecule has 2 aromatic carbocycles. The number of rotatable bonds is 6. The van der Waals surface area contributed by atoms with Gasteiger partial charge in [0.15, 0.2) is 5.69 Å². The number of carboxylic acids is 1. The number of hydrogen-bond donors (Lipinski definition) is 1. The third kappa shape index (κ3) is 4.36. The number of carbonyl (C=O) groups is 1. The third-order valence-corrected chi connectivity index (χ3v) is 5.76. The van der Waals surface area contributed by atoms with Crippen LogP contribution >= 0.6 is 11.6 Å². The van der Waals surface area contributed by atoms with Gasteiger partial charge in [-0.15, -0.1) is 0 Å². The molecular formula is C25H20ClF2NO3. The molecule has 32 heavy (non-hydrogen) atoms. The number of nitrogens with zero attached hydrogens (tertiary/aromatic N) is 1. The van der Waals surface area contributed by atoms with E-state index in [-0.39, 0.29) is 17.9 Å². The van der Waals surface area contributed by atoms with Crippen LogP contribution < -0.4 is 4.74 Å². The van der Waals surface area contributed by atoms with Crippen LogP contribution in [0, 0.1) is 18.6 Å². The second-order valence-corrected chi connectivity index (χ2v) is 8.04. The van der Waals surface area contributed by atoms with Gasteiger partial charge in [-0.05, 0) is 79.3 Å². The lowest BCUT2D eigenvalue weighted by Crippen LogP contribution is -2.06. The van der Waals surface area contributed by atoms with Crippen molar-refractivity contribution in [2.24, 2.45) is 0 Å². The van der Waals surface area contributed by atoms with Gasteiger partial charge in [-0.25, -0.2) is 18.6 Å². The molecule has 0 aliphatic heterocycles. The fourth-order valence-electron chi connectivity index (χ4n) is 3.92. The van der Waals surface area contributed by atoms with Crippen LogP contribution in [0.3, 0.4) is 0 Å². The minimum absolute atomic E-state index is 0.0128. The van der Waals surface area contributed by atoms with Crippen molar-refractivity contribution in [1.29, 1.82) is 0 Å². The van der Waals surface area contributed by atoms with Gasteiger partial charge in [-0.3, -0.25) is 0 Å². The fraction of sp³-hybridized carbons (Fsp3) is 0.200. The van der Waals surface area contributed by atoms with Crippen LogP contribution in [0.25, 0.3) is 11.1 Å². The molecular weight excluding hydrogens is 436 g/mol. The molecule has 0 bridgehead atoms. The van der Waals surface area contributed by atoms with Crippen LogP contribution in [0.1, 0.15) is 52.1 Å². The molecule has 1 N–H and O–H groups in total. The molecule has 0 saturated heterocycles. The summed E-state index contributed by atoms with van der Waals surface area (Å²) in [6, 6.07) is 12.3. The summed E-state index contributed by atoms with van der Waals surface area (Å²) in [4.78, 5) is 15.9. The number of carboxylic acid groups (broad SMARTS) is 1. The van der Waals surface area contributed by atoms with Crippen LogP contribution in [0.5, 0.6) is 5.75 Å². The minimum Gasteiger partial charge on any atom is -0.488 e. The summed E-state index contributed by atoms with van der Waals surface area (Å²) in [7, 11) is 0. The SMILES string of the molecule is Cc1ccc(C2=C(c3cc(Cl)ccc3OCc3c(F)cccc3F)CCC2)nc1C(=O)O. The number of aromatic carboxylic acids is 1. The Morgan fingerprint density at radius 2 is 1.81 bits per heavy atom. The van der Waals surface area contributed by atoms with E-state index in [2.05, 4.69) is 4.98 Å². The van der Waals surface area contributed by atoms with Crippen LogP contribution in [0.4, 0.5) is 8.78 Å². The summed E-state index contributed by atoms with van der Waals surface area (Å²) in [6.07, 6.45) is 2.30. The van der Waals surface area contributed by atoms with E-state index in [9.17, 15) is 18.7 Å². The van der Waals surface area contributed by atoms with Gasteiger partial charge in [0.25, 0.3) is 0 Å². The van der Waals surface area contributed by atoms with Crippen molar-refractivity contribution >= 4 is 28.7 Å². The monoisotopic (exact) mass is 455 g/mol. The maximum Gasteiger partial charge on any atom is 0.354 e. The molecule has 0 radical (unpaired) electrons. The van der Waals surface area contributed by atoms with Gasteiger partial charge < -0.3 is 9.84 Å². The zero-order valence-corrected chi connectivity index (χ0v) is 18.0. The molecule has 164 valence electrons. The van der Waals surface area contributed by atoms with Crippen molar-refractivity contribution in [3.8, 4) is 5.75 Å². The number of allylic oxidation sites excluding steroid dienone is 2. The summed E-state index contributed by atoms with van der Waals surface area (Å²) in [5, 5.41) is 9.93. The highest BCUT2D eigenvalue weighted by molar-refractivity contribution is 6.30. The largest absolute Gasteiger partial charge is 0.488 e. The zero-order valence-electron chi connectivity index (χ0n) is 17.3. The smallest absolute Gasteiger partial charge is 0.354 e. The van der Waals surface area contributed by atoms with E-state index >= 15 is 0 Å². The quantitative estimate of drug-likeness (QED) is 0.449. The summed E-state index contributed by atoms with van der Waals surface area (Å²) in [5.41, 5.74) is 3.59. The lowest BCUT2D eigenvalue weighted by atomic mass is 9.98. The van der Waals surface area contributed by atoms with E-state index in [0.717, 1.165) is 30.4 Å². The Bertz CT molecular complexity index is 1220. The normalized spacial score (nSPS) is 13.5. The van der Waals surface area contributed by atoms with Crippen molar-refractivity contribution in [3.63, 3.8) is 0 Å². The number of aryl methyl sites for hydroxylation is 1. The van der Waals surface area contributed by atoms with Crippen LogP contribution in [0.15, 0.2) is 48.5 Å². The first-order valence-corrected chi connectivity index (χ1v) is 10.5. The molecule has 4 nitrogen and oxygen atoms in total. The highest BCUT2D eigenvalue weighted by Gasteiger charge is 2.23. The minimum atomic E-state index is -1.08. The molecule has 7 heteroatoms. The van der Waals surface area contributed by atoms with Crippen molar-refractivity contribution in [1.82, 2.24) is 4.98 Å². The highest BCUT2D eigenvalue weighted by atomic mass is 35.5. The van der Waals surface area contributed by atoms with Gasteiger partial charge in [0.05, 0.1) is 11.3 Å². The predicted octanol–water partition coefficient (Wildman–Crippen LogP) is 6.69. The molecule has 0 spiro atoms. The second-order valence-electron chi connectivity index (χ2n) is 7.61. The maximum absolute atomic E-state index is 14.0. The van der Waals surface area contributed by atoms with Crippen molar-refractivity contribution in [3.05, 3.63) is 93.3 Å². The molecule has 3 aromatic rings. The Morgan fingerprint density at radius 3 is 2.53 bits per heavy atom. The number of hydrogen-bond acceptors (Lipinski definition) is 3. The molecule has 0 fully saturated rings. The number of ether oxygens (including phenoxy) is 1. The Morgan fingerprint density at radius 1 is 1.09 bits per heavy atom. The van der Waals surface area contributed by atoms with Crippen molar-refractivity contribution < 1.29 is 23.4 Å². The van der Waals surface area contributed by atoms with Crippen LogP contribution in [0.2, 0.25) is 5.02 Å². The van der Waals surface area contributed by atoms with Gasteiger partial charge in [0.2, 0.25) is 0 Å². The van der Waals surface area contributed by atoms with E-state index in [0.29, 0.717) is 27.6 Å². The zero-order chi connectivity index (χ0) is 22.8. The first kappa shape index (κ1) is 22.0. The second kappa shape index (κ2) is 9.09. The molecule has 1 aromatic heterocycles. The fourth-order valence-corrected chi connectivity index (χ4v) is 4.09. The van der Waals surface area contributed by atoms with Gasteiger partial charge in [0, 0.05) is 10.6 Å². The third-order valence-electron chi connectivity index (χ3n) is 5.53. The molecule has 0 unspecified atom stereocenters. The molecule has 1 aliphatic rings. The van der Waals surface area contributed by atoms with Gasteiger partial charge in [-0.1, -0.05) is 23.7 Å². The van der Waals surface area contributed by atoms with E-state index < -0.39 is 17.6 Å². The highest BCUT2D eigenvalue weighted by Crippen LogP contribution is 2.43. The molecule has 1 aliphatic carbocycles. The van der Waals surface area contributed by atoms with Crippen molar-refractivity contribution in [2.45, 2.75) is 32.8 Å². The van der Waals surface area contributed by atoms with Crippen LogP contribution in [-0.2, 0) is 6.61 Å². The first-order chi connectivity index (χ1) is 15.3. The topological polar surface area (TPSA) is 59.4 Å². The van der Waals surface area contributed by atoms with E-state index in [1.807, 2.05) is 6.07 Å². The molecule has 0 amide bonds. The maximum atomic E-state index is 14.0. The average Bonchev–Trinajstić information content (AvgIpc) is 3.24. The Kier molecular flexibility index (Phi) is 6.24. The van der Waals surface area contributed by atoms with Gasteiger partial charge in [0.1, 0.15) is 24.0 Å².